The van der Waals surface area contributed by atoms with Crippen molar-refractivity contribution >= 4 is 29.4 Å². The number of carbonyl (C=O) groups is 1. The molecule has 0 heterocycles. The number of rotatable bonds is 7. The lowest BCUT2D eigenvalue weighted by Gasteiger charge is -2.20. The zero-order valence-electron chi connectivity index (χ0n) is 9.16. The topological polar surface area (TPSA) is 46.3 Å². The Kier molecular flexibility index (Phi) is 8.52. The van der Waals surface area contributed by atoms with Crippen molar-refractivity contribution in [1.82, 2.24) is 4.90 Å². The Morgan fingerprint density at radius 2 is 1.93 bits per heavy atom. The Morgan fingerprint density at radius 1 is 1.36 bits per heavy atom. The first-order valence-electron chi connectivity index (χ1n) is 4.62. The lowest BCUT2D eigenvalue weighted by molar-refractivity contribution is -0.131. The fourth-order valence-corrected chi connectivity index (χ4v) is 1.94. The van der Waals surface area contributed by atoms with Gasteiger partial charge < -0.3 is 10.6 Å². The van der Waals surface area contributed by atoms with Gasteiger partial charge in [-0.3, -0.25) is 4.79 Å². The lowest BCUT2D eigenvalue weighted by atomic mass is 10.2. The average molecular weight is 236 g/mol. The maximum atomic E-state index is 11.6. The van der Waals surface area contributed by atoms with E-state index < -0.39 is 0 Å². The molecule has 0 radical (unpaired) electrons. The second-order valence-electron chi connectivity index (χ2n) is 3.14. The van der Waals surface area contributed by atoms with Crippen LogP contribution in [0.5, 0.6) is 0 Å². The SMILES string of the molecule is CSCC[C@H](N)C(=O)N(C)CCSC. The fraction of sp³-hybridized carbons (Fsp3) is 0.889. The van der Waals surface area contributed by atoms with Gasteiger partial charge in [0.1, 0.15) is 0 Å². The molecule has 14 heavy (non-hydrogen) atoms. The molecule has 0 unspecified atom stereocenters. The normalized spacial score (nSPS) is 12.6. The van der Waals surface area contributed by atoms with Crippen molar-refractivity contribution in [1.29, 1.82) is 0 Å². The van der Waals surface area contributed by atoms with Gasteiger partial charge >= 0.3 is 0 Å². The van der Waals surface area contributed by atoms with E-state index in [1.54, 1.807) is 28.4 Å². The minimum Gasteiger partial charge on any atom is -0.344 e. The summed E-state index contributed by atoms with van der Waals surface area (Å²) in [6, 6.07) is -0.325. The van der Waals surface area contributed by atoms with Crippen LogP contribution in [0.25, 0.3) is 0 Å². The van der Waals surface area contributed by atoms with E-state index in [0.717, 1.165) is 24.5 Å². The third kappa shape index (κ3) is 5.78. The van der Waals surface area contributed by atoms with Crippen molar-refractivity contribution < 1.29 is 4.79 Å². The van der Waals surface area contributed by atoms with Crippen LogP contribution in [0.4, 0.5) is 0 Å². The predicted octanol–water partition coefficient (Wildman–Crippen LogP) is 0.888. The Bertz CT molecular complexity index is 151. The van der Waals surface area contributed by atoms with Crippen molar-refractivity contribution in [3.63, 3.8) is 0 Å². The highest BCUT2D eigenvalue weighted by Gasteiger charge is 2.16. The number of hydrogen-bond acceptors (Lipinski definition) is 4. The smallest absolute Gasteiger partial charge is 0.239 e. The molecule has 3 nitrogen and oxygen atoms in total. The quantitative estimate of drug-likeness (QED) is 0.713. The lowest BCUT2D eigenvalue weighted by Crippen LogP contribution is -2.42. The maximum Gasteiger partial charge on any atom is 0.239 e. The summed E-state index contributed by atoms with van der Waals surface area (Å²) < 4.78 is 0. The van der Waals surface area contributed by atoms with Crippen molar-refractivity contribution in [2.75, 3.05) is 37.6 Å². The van der Waals surface area contributed by atoms with E-state index in [2.05, 4.69) is 0 Å². The molecule has 1 amide bonds. The Labute approximate surface area is 95.2 Å². The second kappa shape index (κ2) is 8.44. The molecule has 0 aliphatic heterocycles. The van der Waals surface area contributed by atoms with Gasteiger partial charge in [0.25, 0.3) is 0 Å². The minimum atomic E-state index is -0.325. The van der Waals surface area contributed by atoms with Crippen LogP contribution < -0.4 is 5.73 Å². The molecule has 0 aromatic rings. The van der Waals surface area contributed by atoms with Gasteiger partial charge in [0, 0.05) is 19.3 Å². The van der Waals surface area contributed by atoms with Gasteiger partial charge in [-0.2, -0.15) is 23.5 Å². The number of amides is 1. The monoisotopic (exact) mass is 236 g/mol. The summed E-state index contributed by atoms with van der Waals surface area (Å²) in [6.45, 7) is 0.785. The molecule has 0 aliphatic rings. The summed E-state index contributed by atoms with van der Waals surface area (Å²) in [4.78, 5) is 13.4. The molecule has 0 saturated carbocycles. The summed E-state index contributed by atoms with van der Waals surface area (Å²) in [6.07, 6.45) is 4.82. The summed E-state index contributed by atoms with van der Waals surface area (Å²) in [5.41, 5.74) is 5.76. The number of nitrogens with zero attached hydrogens (tertiary/aromatic N) is 1. The van der Waals surface area contributed by atoms with E-state index in [1.165, 1.54) is 0 Å². The van der Waals surface area contributed by atoms with E-state index in [9.17, 15) is 4.79 Å². The number of thioether (sulfide) groups is 2. The van der Waals surface area contributed by atoms with Crippen LogP contribution in [0.15, 0.2) is 0 Å². The third-order valence-corrected chi connectivity index (χ3v) is 3.19. The van der Waals surface area contributed by atoms with E-state index in [1.807, 2.05) is 19.6 Å². The van der Waals surface area contributed by atoms with Crippen molar-refractivity contribution in [3.8, 4) is 0 Å². The molecule has 0 spiro atoms. The van der Waals surface area contributed by atoms with Crippen LogP contribution in [0.3, 0.4) is 0 Å². The number of hydrogen-bond donors (Lipinski definition) is 1. The predicted molar refractivity (Wildman–Crippen MR) is 67.0 cm³/mol. The van der Waals surface area contributed by atoms with Gasteiger partial charge in [-0.05, 0) is 24.7 Å². The molecule has 0 bridgehead atoms. The molecular weight excluding hydrogens is 216 g/mol. The largest absolute Gasteiger partial charge is 0.344 e. The first-order chi connectivity index (χ1) is 6.63. The highest BCUT2D eigenvalue weighted by Crippen LogP contribution is 2.02. The molecule has 84 valence electrons. The van der Waals surface area contributed by atoms with Crippen molar-refractivity contribution in [2.24, 2.45) is 5.73 Å². The van der Waals surface area contributed by atoms with Gasteiger partial charge in [-0.25, -0.2) is 0 Å². The van der Waals surface area contributed by atoms with Crippen LogP contribution in [-0.4, -0.2) is 54.5 Å². The molecule has 2 N–H and O–H groups in total. The standard InChI is InChI=1S/C9H20N2OS2/c1-11(5-7-14-3)9(12)8(10)4-6-13-2/h8H,4-7,10H2,1-3H3/t8-/m0/s1. The molecular formula is C9H20N2OS2. The van der Waals surface area contributed by atoms with Crippen LogP contribution in [0, 0.1) is 0 Å². The Balaban J connectivity index is 3.78. The van der Waals surface area contributed by atoms with Gasteiger partial charge in [0.2, 0.25) is 5.91 Å². The maximum absolute atomic E-state index is 11.6. The second-order valence-corrected chi connectivity index (χ2v) is 5.11. The number of nitrogens with two attached hydrogens (primary N) is 1. The average Bonchev–Trinajstić information content (AvgIpc) is 2.21. The van der Waals surface area contributed by atoms with Gasteiger partial charge in [0.05, 0.1) is 6.04 Å². The molecule has 0 aromatic heterocycles. The van der Waals surface area contributed by atoms with Gasteiger partial charge in [-0.1, -0.05) is 0 Å². The van der Waals surface area contributed by atoms with Crippen LogP contribution >= 0.6 is 23.5 Å². The summed E-state index contributed by atoms with van der Waals surface area (Å²) in [7, 11) is 1.82. The van der Waals surface area contributed by atoms with E-state index in [4.69, 9.17) is 5.73 Å². The van der Waals surface area contributed by atoms with Crippen molar-refractivity contribution in [2.45, 2.75) is 12.5 Å². The Hall–Kier alpha value is 0.130. The zero-order chi connectivity index (χ0) is 11.0. The van der Waals surface area contributed by atoms with E-state index >= 15 is 0 Å². The van der Waals surface area contributed by atoms with Crippen molar-refractivity contribution in [3.05, 3.63) is 0 Å². The molecule has 0 aliphatic carbocycles. The van der Waals surface area contributed by atoms with Crippen LogP contribution in [0.1, 0.15) is 6.42 Å². The molecule has 0 rings (SSSR count). The number of likely N-dealkylation sites (N-methyl/N-ethyl adjacent to an activating group) is 1. The summed E-state index contributed by atoms with van der Waals surface area (Å²) in [5.74, 6) is 1.98. The highest BCUT2D eigenvalue weighted by atomic mass is 32.2. The summed E-state index contributed by atoms with van der Waals surface area (Å²) >= 11 is 3.46. The fourth-order valence-electron chi connectivity index (χ4n) is 0.990. The van der Waals surface area contributed by atoms with E-state index in [-0.39, 0.29) is 11.9 Å². The first-order valence-corrected chi connectivity index (χ1v) is 7.40. The summed E-state index contributed by atoms with van der Waals surface area (Å²) in [5, 5.41) is 0. The first kappa shape index (κ1) is 14.1. The molecule has 5 heteroatoms. The third-order valence-electron chi connectivity index (χ3n) is 1.96. The molecule has 0 saturated heterocycles. The van der Waals surface area contributed by atoms with E-state index in [0.29, 0.717) is 0 Å². The molecule has 0 aromatic carbocycles. The minimum absolute atomic E-state index is 0.0631. The molecule has 0 fully saturated rings. The van der Waals surface area contributed by atoms with Crippen LogP contribution in [0.2, 0.25) is 0 Å². The van der Waals surface area contributed by atoms with Crippen LogP contribution in [-0.2, 0) is 4.79 Å². The zero-order valence-corrected chi connectivity index (χ0v) is 10.8. The number of carbonyl (C=O) groups excluding carboxylic acids is 1. The van der Waals surface area contributed by atoms with Gasteiger partial charge in [0.15, 0.2) is 0 Å². The molecule has 1 atom stereocenters. The Morgan fingerprint density at radius 3 is 2.43 bits per heavy atom. The van der Waals surface area contributed by atoms with Gasteiger partial charge in [-0.15, -0.1) is 0 Å². The highest BCUT2D eigenvalue weighted by molar-refractivity contribution is 7.98.